The number of carbonyl (C=O) groups is 1. The van der Waals surface area contributed by atoms with Crippen molar-refractivity contribution in [1.82, 2.24) is 0 Å². The molecule has 1 aliphatic heterocycles. The molecule has 1 rings (SSSR count). The minimum atomic E-state index is -0.883. The molecule has 0 aromatic carbocycles. The van der Waals surface area contributed by atoms with Gasteiger partial charge in [-0.3, -0.25) is 10.1 Å². The van der Waals surface area contributed by atoms with Crippen molar-refractivity contribution in [2.24, 2.45) is 0 Å². The Morgan fingerprint density at radius 2 is 2.07 bits per heavy atom. The summed E-state index contributed by atoms with van der Waals surface area (Å²) in [6.45, 7) is 0.841. The number of carbonyl (C=O) groups excluding carboxylic acids is 1. The first-order valence-corrected chi connectivity index (χ1v) is 4.19. The third-order valence-corrected chi connectivity index (χ3v) is 1.99. The Morgan fingerprint density at radius 3 is 2.50 bits per heavy atom. The van der Waals surface area contributed by atoms with E-state index in [0.29, 0.717) is 31.6 Å². The Hall–Kier alpha value is -1.43. The average molecular weight is 201 g/mol. The fraction of sp³-hybridized carbons (Fsp3) is 0.625. The molecule has 0 N–H and O–H groups in total. The molecule has 0 aromatic heterocycles. The van der Waals surface area contributed by atoms with E-state index in [1.54, 1.807) is 0 Å². The van der Waals surface area contributed by atoms with Gasteiger partial charge >= 0.3 is 11.7 Å². The van der Waals surface area contributed by atoms with Crippen molar-refractivity contribution in [1.29, 1.82) is 0 Å². The van der Waals surface area contributed by atoms with Crippen molar-refractivity contribution >= 4 is 5.97 Å². The molecule has 0 bridgehead atoms. The largest absolute Gasteiger partial charge is 0.461 e. The van der Waals surface area contributed by atoms with Gasteiger partial charge in [-0.1, -0.05) is 0 Å². The molecule has 0 unspecified atom stereocenters. The van der Waals surface area contributed by atoms with Crippen LogP contribution in [0.2, 0.25) is 0 Å². The second kappa shape index (κ2) is 4.71. The van der Waals surface area contributed by atoms with Gasteiger partial charge in [0.15, 0.2) is 0 Å². The Bertz CT molecular complexity index is 275. The lowest BCUT2D eigenvalue weighted by molar-refractivity contribution is -0.422. The summed E-state index contributed by atoms with van der Waals surface area (Å²) in [7, 11) is 1.13. The molecule has 6 heteroatoms. The van der Waals surface area contributed by atoms with Crippen molar-refractivity contribution in [3.63, 3.8) is 0 Å². The van der Waals surface area contributed by atoms with Crippen LogP contribution < -0.4 is 0 Å². The predicted octanol–water partition coefficient (Wildman–Crippen LogP) is 0.501. The highest BCUT2D eigenvalue weighted by Gasteiger charge is 2.29. The zero-order valence-electron chi connectivity index (χ0n) is 7.82. The van der Waals surface area contributed by atoms with E-state index in [0.717, 1.165) is 7.11 Å². The molecule has 1 heterocycles. The molecule has 0 atom stereocenters. The van der Waals surface area contributed by atoms with E-state index in [-0.39, 0.29) is 0 Å². The quantitative estimate of drug-likeness (QED) is 0.281. The van der Waals surface area contributed by atoms with Crippen LogP contribution in [0, 0.1) is 10.1 Å². The summed E-state index contributed by atoms with van der Waals surface area (Å²) in [5.74, 6) is -0.883. The maximum Gasteiger partial charge on any atom is 0.409 e. The summed E-state index contributed by atoms with van der Waals surface area (Å²) in [6.07, 6.45) is 0.844. The van der Waals surface area contributed by atoms with E-state index in [4.69, 9.17) is 4.74 Å². The van der Waals surface area contributed by atoms with Crippen LogP contribution in [0.5, 0.6) is 0 Å². The SMILES string of the molecule is COC(=O)C(=C1CCOCC1)[N+](=O)[O-]. The summed E-state index contributed by atoms with van der Waals surface area (Å²) in [5.41, 5.74) is 0.0731. The van der Waals surface area contributed by atoms with Gasteiger partial charge in [-0.2, -0.15) is 0 Å². The summed E-state index contributed by atoms with van der Waals surface area (Å²) in [6, 6.07) is 0. The lowest BCUT2D eigenvalue weighted by Gasteiger charge is -2.13. The number of nitrogens with zero attached hydrogens (tertiary/aromatic N) is 1. The second-order valence-corrected chi connectivity index (χ2v) is 2.81. The Morgan fingerprint density at radius 1 is 1.50 bits per heavy atom. The van der Waals surface area contributed by atoms with Crippen LogP contribution in [-0.2, 0) is 14.3 Å². The molecular weight excluding hydrogens is 190 g/mol. The zero-order chi connectivity index (χ0) is 10.6. The number of methoxy groups -OCH3 is 1. The smallest absolute Gasteiger partial charge is 0.409 e. The van der Waals surface area contributed by atoms with E-state index < -0.39 is 16.6 Å². The minimum Gasteiger partial charge on any atom is -0.461 e. The van der Waals surface area contributed by atoms with Crippen LogP contribution in [0.15, 0.2) is 11.3 Å². The topological polar surface area (TPSA) is 78.7 Å². The normalized spacial score (nSPS) is 16.2. The molecule has 1 fully saturated rings. The molecule has 0 amide bonds. The number of hydrogen-bond donors (Lipinski definition) is 0. The van der Waals surface area contributed by atoms with E-state index in [1.165, 1.54) is 0 Å². The minimum absolute atomic E-state index is 0.420. The first kappa shape index (κ1) is 10.6. The molecule has 6 nitrogen and oxygen atoms in total. The van der Waals surface area contributed by atoms with Crippen molar-refractivity contribution < 1.29 is 19.2 Å². The molecular formula is C8H11NO5. The van der Waals surface area contributed by atoms with Crippen molar-refractivity contribution in [3.05, 3.63) is 21.4 Å². The molecule has 78 valence electrons. The molecule has 0 aliphatic carbocycles. The van der Waals surface area contributed by atoms with Gasteiger partial charge in [-0.05, 0) is 12.8 Å². The maximum atomic E-state index is 11.1. The van der Waals surface area contributed by atoms with Crippen LogP contribution in [0.3, 0.4) is 0 Å². The standard InChI is InChI=1S/C8H11NO5/c1-13-8(10)7(9(11)12)6-2-4-14-5-3-6/h2-5H2,1H3. The molecule has 0 spiro atoms. The van der Waals surface area contributed by atoms with Crippen LogP contribution in [-0.4, -0.2) is 31.2 Å². The van der Waals surface area contributed by atoms with E-state index >= 15 is 0 Å². The Labute approximate surface area is 80.6 Å². The molecule has 1 saturated heterocycles. The molecule has 0 aromatic rings. The number of esters is 1. The van der Waals surface area contributed by atoms with Gasteiger partial charge in [-0.15, -0.1) is 0 Å². The third-order valence-electron chi connectivity index (χ3n) is 1.99. The number of hydrogen-bond acceptors (Lipinski definition) is 5. The second-order valence-electron chi connectivity index (χ2n) is 2.81. The van der Waals surface area contributed by atoms with Crippen molar-refractivity contribution in [2.45, 2.75) is 12.8 Å². The molecule has 14 heavy (non-hydrogen) atoms. The summed E-state index contributed by atoms with van der Waals surface area (Å²) in [4.78, 5) is 21.0. The molecule has 1 aliphatic rings. The summed E-state index contributed by atoms with van der Waals surface area (Å²) >= 11 is 0. The van der Waals surface area contributed by atoms with Crippen LogP contribution >= 0.6 is 0 Å². The van der Waals surface area contributed by atoms with Gasteiger partial charge in [0.1, 0.15) is 0 Å². The zero-order valence-corrected chi connectivity index (χ0v) is 7.82. The average Bonchev–Trinajstić information content (AvgIpc) is 2.19. The van der Waals surface area contributed by atoms with Crippen molar-refractivity contribution in [3.8, 4) is 0 Å². The fourth-order valence-corrected chi connectivity index (χ4v) is 1.30. The van der Waals surface area contributed by atoms with Gasteiger partial charge in [0.05, 0.1) is 25.2 Å². The number of ether oxygens (including phenoxy) is 2. The first-order valence-electron chi connectivity index (χ1n) is 4.19. The maximum absolute atomic E-state index is 11.1. The van der Waals surface area contributed by atoms with E-state index in [9.17, 15) is 14.9 Å². The predicted molar refractivity (Wildman–Crippen MR) is 46.1 cm³/mol. The lowest BCUT2D eigenvalue weighted by atomic mass is 10.1. The monoisotopic (exact) mass is 201 g/mol. The third kappa shape index (κ3) is 2.29. The number of nitro groups is 1. The fourth-order valence-electron chi connectivity index (χ4n) is 1.30. The lowest BCUT2D eigenvalue weighted by Crippen LogP contribution is -2.19. The van der Waals surface area contributed by atoms with Crippen LogP contribution in [0.25, 0.3) is 0 Å². The summed E-state index contributed by atoms with van der Waals surface area (Å²) < 4.78 is 9.38. The Balaban J connectivity index is 2.94. The highest BCUT2D eigenvalue weighted by molar-refractivity contribution is 5.86. The van der Waals surface area contributed by atoms with E-state index in [2.05, 4.69) is 4.74 Å². The van der Waals surface area contributed by atoms with Crippen molar-refractivity contribution in [2.75, 3.05) is 20.3 Å². The summed E-state index contributed by atoms with van der Waals surface area (Å²) in [5, 5.41) is 10.6. The number of rotatable bonds is 2. The van der Waals surface area contributed by atoms with E-state index in [1.807, 2.05) is 0 Å². The van der Waals surface area contributed by atoms with Gasteiger partial charge in [0.2, 0.25) is 0 Å². The van der Waals surface area contributed by atoms with Gasteiger partial charge in [0.25, 0.3) is 0 Å². The molecule has 0 radical (unpaired) electrons. The van der Waals surface area contributed by atoms with Crippen LogP contribution in [0.1, 0.15) is 12.8 Å². The van der Waals surface area contributed by atoms with Gasteiger partial charge < -0.3 is 9.47 Å². The van der Waals surface area contributed by atoms with Gasteiger partial charge in [0, 0.05) is 5.57 Å². The Kier molecular flexibility index (Phi) is 3.58. The highest BCUT2D eigenvalue weighted by Crippen LogP contribution is 2.19. The highest BCUT2D eigenvalue weighted by atomic mass is 16.6. The van der Waals surface area contributed by atoms with Crippen LogP contribution in [0.4, 0.5) is 0 Å². The molecule has 0 saturated carbocycles. The van der Waals surface area contributed by atoms with Gasteiger partial charge in [-0.25, -0.2) is 4.79 Å². The first-order chi connectivity index (χ1) is 6.66.